The van der Waals surface area contributed by atoms with Gasteiger partial charge >= 0.3 is 5.97 Å². The molecule has 1 aromatic carbocycles. The number of piperidine rings is 1. The summed E-state index contributed by atoms with van der Waals surface area (Å²) < 4.78 is 9.48. The van der Waals surface area contributed by atoms with E-state index in [1.165, 1.54) is 18.7 Å². The Labute approximate surface area is 146 Å². The summed E-state index contributed by atoms with van der Waals surface area (Å²) in [6, 6.07) is 11.8. The number of aromatic nitrogens is 1. The van der Waals surface area contributed by atoms with Gasteiger partial charge in [-0.3, -0.25) is 4.79 Å². The minimum absolute atomic E-state index is 0.0583. The minimum atomic E-state index is -0.638. The van der Waals surface area contributed by atoms with Crippen molar-refractivity contribution >= 4 is 11.9 Å². The summed E-state index contributed by atoms with van der Waals surface area (Å²) in [5.41, 5.74) is 1.48. The standard InChI is InChI=1S/C19H22N2O4/c1-3-13-12-21(10-9-15(13)14-7-5-4-6-8-14)18(22)16-11-17(25-20-16)19(23)24-2/h4-8,11,13,15H,3,9-10,12H2,1-2H3. The minimum Gasteiger partial charge on any atom is -0.463 e. The highest BCUT2D eigenvalue weighted by Crippen LogP contribution is 2.35. The van der Waals surface area contributed by atoms with Crippen molar-refractivity contribution in [2.24, 2.45) is 5.92 Å². The predicted molar refractivity (Wildman–Crippen MR) is 91.3 cm³/mol. The molecule has 132 valence electrons. The molecule has 0 radical (unpaired) electrons. The van der Waals surface area contributed by atoms with Crippen LogP contribution in [-0.4, -0.2) is 42.1 Å². The first kappa shape index (κ1) is 17.2. The van der Waals surface area contributed by atoms with E-state index >= 15 is 0 Å². The van der Waals surface area contributed by atoms with Crippen molar-refractivity contribution in [1.82, 2.24) is 10.1 Å². The summed E-state index contributed by atoms with van der Waals surface area (Å²) in [7, 11) is 1.26. The Morgan fingerprint density at radius 3 is 2.76 bits per heavy atom. The number of hydrogen-bond acceptors (Lipinski definition) is 5. The van der Waals surface area contributed by atoms with Crippen LogP contribution in [0.1, 0.15) is 52.3 Å². The third kappa shape index (κ3) is 3.57. The first-order valence-electron chi connectivity index (χ1n) is 8.53. The molecule has 1 aliphatic rings. The molecule has 3 rings (SSSR count). The fourth-order valence-electron chi connectivity index (χ4n) is 3.50. The first-order valence-corrected chi connectivity index (χ1v) is 8.53. The van der Waals surface area contributed by atoms with Crippen LogP contribution in [0.4, 0.5) is 0 Å². The highest BCUT2D eigenvalue weighted by atomic mass is 16.5. The topological polar surface area (TPSA) is 72.6 Å². The van der Waals surface area contributed by atoms with Crippen LogP contribution in [-0.2, 0) is 4.74 Å². The molecule has 25 heavy (non-hydrogen) atoms. The number of likely N-dealkylation sites (tertiary alicyclic amines) is 1. The van der Waals surface area contributed by atoms with E-state index < -0.39 is 5.97 Å². The maximum Gasteiger partial charge on any atom is 0.376 e. The van der Waals surface area contributed by atoms with Crippen molar-refractivity contribution in [3.05, 3.63) is 53.4 Å². The molecule has 0 aliphatic carbocycles. The molecule has 0 N–H and O–H groups in total. The zero-order valence-electron chi connectivity index (χ0n) is 14.5. The van der Waals surface area contributed by atoms with Crippen LogP contribution in [0.25, 0.3) is 0 Å². The SMILES string of the molecule is CCC1CN(C(=O)c2cc(C(=O)OC)on2)CCC1c1ccccc1. The summed E-state index contributed by atoms with van der Waals surface area (Å²) in [6.07, 6.45) is 1.91. The molecule has 1 aromatic heterocycles. The third-order valence-corrected chi connectivity index (χ3v) is 4.89. The molecule has 0 spiro atoms. The van der Waals surface area contributed by atoms with E-state index in [0.717, 1.165) is 12.8 Å². The molecule has 2 atom stereocenters. The van der Waals surface area contributed by atoms with Gasteiger partial charge in [-0.2, -0.15) is 0 Å². The van der Waals surface area contributed by atoms with Gasteiger partial charge in [0.2, 0.25) is 5.76 Å². The number of methoxy groups -OCH3 is 1. The lowest BCUT2D eigenvalue weighted by Crippen LogP contribution is -2.43. The molecule has 0 saturated carbocycles. The number of carbonyl (C=O) groups is 2. The van der Waals surface area contributed by atoms with Gasteiger partial charge in [-0.15, -0.1) is 0 Å². The van der Waals surface area contributed by atoms with Crippen LogP contribution in [0.2, 0.25) is 0 Å². The Morgan fingerprint density at radius 1 is 1.32 bits per heavy atom. The summed E-state index contributed by atoms with van der Waals surface area (Å²) in [4.78, 5) is 25.9. The molecule has 6 nitrogen and oxygen atoms in total. The van der Waals surface area contributed by atoms with Crippen LogP contribution >= 0.6 is 0 Å². The van der Waals surface area contributed by atoms with Gasteiger partial charge in [0.25, 0.3) is 5.91 Å². The molecule has 2 unspecified atom stereocenters. The lowest BCUT2D eigenvalue weighted by atomic mass is 9.79. The molecular weight excluding hydrogens is 320 g/mol. The molecule has 2 aromatic rings. The molecular formula is C19H22N2O4. The molecule has 0 bridgehead atoms. The van der Waals surface area contributed by atoms with Crippen LogP contribution in [0.15, 0.2) is 40.9 Å². The smallest absolute Gasteiger partial charge is 0.376 e. The third-order valence-electron chi connectivity index (χ3n) is 4.89. The Hall–Kier alpha value is -2.63. The first-order chi connectivity index (χ1) is 12.1. The van der Waals surface area contributed by atoms with E-state index in [9.17, 15) is 9.59 Å². The Bertz CT molecular complexity index is 741. The van der Waals surface area contributed by atoms with Crippen LogP contribution in [0.5, 0.6) is 0 Å². The zero-order valence-corrected chi connectivity index (χ0v) is 14.5. The number of esters is 1. The average molecular weight is 342 g/mol. The Kier molecular flexibility index (Phi) is 5.16. The van der Waals surface area contributed by atoms with Crippen LogP contribution in [0, 0.1) is 5.92 Å². The largest absolute Gasteiger partial charge is 0.463 e. The summed E-state index contributed by atoms with van der Waals surface area (Å²) in [5.74, 6) is -0.0491. The van der Waals surface area contributed by atoms with E-state index in [2.05, 4.69) is 41.1 Å². The molecule has 1 saturated heterocycles. The van der Waals surface area contributed by atoms with E-state index in [4.69, 9.17) is 4.52 Å². The van der Waals surface area contributed by atoms with Gasteiger partial charge in [0.05, 0.1) is 7.11 Å². The van der Waals surface area contributed by atoms with Crippen molar-refractivity contribution in [3.63, 3.8) is 0 Å². The number of nitrogens with zero attached hydrogens (tertiary/aromatic N) is 2. The second-order valence-corrected chi connectivity index (χ2v) is 6.29. The maximum atomic E-state index is 12.7. The van der Waals surface area contributed by atoms with Gasteiger partial charge in [0.15, 0.2) is 5.69 Å². The number of ether oxygens (including phenoxy) is 1. The monoisotopic (exact) mass is 342 g/mol. The zero-order chi connectivity index (χ0) is 17.8. The summed E-state index contributed by atoms with van der Waals surface area (Å²) >= 11 is 0. The fraction of sp³-hybridized carbons (Fsp3) is 0.421. The van der Waals surface area contributed by atoms with Crippen molar-refractivity contribution in [2.75, 3.05) is 20.2 Å². The van der Waals surface area contributed by atoms with Gasteiger partial charge in [-0.1, -0.05) is 48.8 Å². The Morgan fingerprint density at radius 2 is 2.08 bits per heavy atom. The predicted octanol–water partition coefficient (Wildman–Crippen LogP) is 3.12. The maximum absolute atomic E-state index is 12.7. The van der Waals surface area contributed by atoms with Gasteiger partial charge in [-0.05, 0) is 23.8 Å². The van der Waals surface area contributed by atoms with E-state index in [1.807, 2.05) is 6.07 Å². The summed E-state index contributed by atoms with van der Waals surface area (Å²) in [5, 5.41) is 3.72. The highest BCUT2D eigenvalue weighted by molar-refractivity contribution is 5.95. The number of amides is 1. The average Bonchev–Trinajstić information content (AvgIpc) is 3.17. The molecule has 6 heteroatoms. The molecule has 2 heterocycles. The van der Waals surface area contributed by atoms with Gasteiger partial charge in [0.1, 0.15) is 0 Å². The van der Waals surface area contributed by atoms with Gasteiger partial charge in [0, 0.05) is 19.2 Å². The Balaban J connectivity index is 1.71. The van der Waals surface area contributed by atoms with Crippen LogP contribution < -0.4 is 0 Å². The van der Waals surface area contributed by atoms with E-state index in [0.29, 0.717) is 24.9 Å². The molecule has 1 aliphatic heterocycles. The number of rotatable bonds is 4. The van der Waals surface area contributed by atoms with Crippen molar-refractivity contribution < 1.29 is 18.8 Å². The summed E-state index contributed by atoms with van der Waals surface area (Å²) in [6.45, 7) is 3.49. The molecule has 1 fully saturated rings. The second-order valence-electron chi connectivity index (χ2n) is 6.29. The lowest BCUT2D eigenvalue weighted by Gasteiger charge is -2.38. The van der Waals surface area contributed by atoms with Gasteiger partial charge < -0.3 is 14.2 Å². The number of hydrogen-bond donors (Lipinski definition) is 0. The number of benzene rings is 1. The highest BCUT2D eigenvalue weighted by Gasteiger charge is 2.33. The van der Waals surface area contributed by atoms with Crippen molar-refractivity contribution in [2.45, 2.75) is 25.7 Å². The van der Waals surface area contributed by atoms with E-state index in [-0.39, 0.29) is 17.4 Å². The quantitative estimate of drug-likeness (QED) is 0.798. The van der Waals surface area contributed by atoms with Crippen molar-refractivity contribution in [1.29, 1.82) is 0 Å². The van der Waals surface area contributed by atoms with Gasteiger partial charge in [-0.25, -0.2) is 4.79 Å². The second kappa shape index (κ2) is 7.51. The normalized spacial score (nSPS) is 20.3. The number of carbonyl (C=O) groups excluding carboxylic acids is 2. The van der Waals surface area contributed by atoms with E-state index in [1.54, 1.807) is 4.90 Å². The lowest BCUT2D eigenvalue weighted by molar-refractivity contribution is 0.0551. The van der Waals surface area contributed by atoms with Crippen LogP contribution in [0.3, 0.4) is 0 Å². The molecule has 1 amide bonds. The van der Waals surface area contributed by atoms with Crippen molar-refractivity contribution in [3.8, 4) is 0 Å². The fourth-order valence-corrected chi connectivity index (χ4v) is 3.50.